The minimum absolute atomic E-state index is 0.0306. The van der Waals surface area contributed by atoms with Gasteiger partial charge in [-0.05, 0) is 82.3 Å². The number of rotatable bonds is 16. The minimum atomic E-state index is -0.306. The molecule has 1 aliphatic carbocycles. The second-order valence-corrected chi connectivity index (χ2v) is 12.3. The Bertz CT molecular complexity index is 993. The molecule has 0 bridgehead atoms. The van der Waals surface area contributed by atoms with E-state index in [1.165, 1.54) is 0 Å². The van der Waals surface area contributed by atoms with E-state index in [1.807, 2.05) is 24.0 Å². The van der Waals surface area contributed by atoms with Crippen molar-refractivity contribution in [1.82, 2.24) is 10.2 Å². The van der Waals surface area contributed by atoms with Crippen LogP contribution in [0.5, 0.6) is 11.5 Å². The lowest BCUT2D eigenvalue weighted by Crippen LogP contribution is -2.51. The summed E-state index contributed by atoms with van der Waals surface area (Å²) in [6.07, 6.45) is 10.6. The lowest BCUT2D eigenvalue weighted by atomic mass is 9.98. The standard InChI is InChI=1S/C34H54N2O5/c1-7-9-19-39-31-23-32(40-20-10-8-2)29(22-28(31)25(5)6)33(37)36-17-15-26(16-18-36)35-30(21-24(3)4)34(38)41-27-13-11-12-14-27/h22-24,26-27,30,35H,5,7-21H2,1-4,6H3/t30-/m0/s1. The van der Waals surface area contributed by atoms with Crippen LogP contribution >= 0.6 is 0 Å². The summed E-state index contributed by atoms with van der Waals surface area (Å²) in [5, 5.41) is 3.60. The van der Waals surface area contributed by atoms with E-state index in [1.54, 1.807) is 0 Å². The summed E-state index contributed by atoms with van der Waals surface area (Å²) in [6.45, 7) is 17.0. The van der Waals surface area contributed by atoms with E-state index in [0.29, 0.717) is 43.5 Å². The Hall–Kier alpha value is -2.54. The molecule has 1 aromatic carbocycles. The Morgan fingerprint density at radius 2 is 1.54 bits per heavy atom. The van der Waals surface area contributed by atoms with Crippen molar-refractivity contribution >= 4 is 17.4 Å². The molecule has 1 atom stereocenters. The second kappa shape index (κ2) is 16.8. The number of likely N-dealkylation sites (tertiary alicyclic amines) is 1. The summed E-state index contributed by atoms with van der Waals surface area (Å²) in [5.41, 5.74) is 2.27. The van der Waals surface area contributed by atoms with Crippen molar-refractivity contribution in [1.29, 1.82) is 0 Å². The van der Waals surface area contributed by atoms with Crippen LogP contribution in [0.3, 0.4) is 0 Å². The van der Waals surface area contributed by atoms with E-state index >= 15 is 0 Å². The van der Waals surface area contributed by atoms with Gasteiger partial charge in [-0.25, -0.2) is 0 Å². The minimum Gasteiger partial charge on any atom is -0.493 e. The molecule has 2 fully saturated rings. The molecular formula is C34H54N2O5. The molecule has 1 aliphatic heterocycles. The third-order valence-corrected chi connectivity index (χ3v) is 8.08. The van der Waals surface area contributed by atoms with Gasteiger partial charge in [0.25, 0.3) is 5.91 Å². The zero-order valence-corrected chi connectivity index (χ0v) is 26.3. The van der Waals surface area contributed by atoms with E-state index in [4.69, 9.17) is 14.2 Å². The number of piperidine rings is 1. The molecule has 1 heterocycles. The molecule has 1 saturated carbocycles. The lowest BCUT2D eigenvalue weighted by molar-refractivity contribution is -0.152. The maximum absolute atomic E-state index is 13.9. The molecule has 0 aromatic heterocycles. The monoisotopic (exact) mass is 570 g/mol. The maximum Gasteiger partial charge on any atom is 0.323 e. The molecule has 0 unspecified atom stereocenters. The number of allylic oxidation sites excluding steroid dienone is 1. The van der Waals surface area contributed by atoms with Crippen LogP contribution < -0.4 is 14.8 Å². The molecule has 3 rings (SSSR count). The van der Waals surface area contributed by atoms with E-state index in [-0.39, 0.29) is 30.1 Å². The zero-order chi connectivity index (χ0) is 29.8. The fourth-order valence-electron chi connectivity index (χ4n) is 5.61. The van der Waals surface area contributed by atoms with Gasteiger partial charge in [-0.15, -0.1) is 0 Å². The SMILES string of the molecule is C=C(C)c1cc(C(=O)N2CCC(N[C@@H](CC(C)C)C(=O)OC3CCCC3)CC2)c(OCCCC)cc1OCCCC. The summed E-state index contributed by atoms with van der Waals surface area (Å²) < 4.78 is 18.1. The topological polar surface area (TPSA) is 77.1 Å². The zero-order valence-electron chi connectivity index (χ0n) is 26.3. The maximum atomic E-state index is 13.9. The van der Waals surface area contributed by atoms with Gasteiger partial charge < -0.3 is 24.4 Å². The lowest BCUT2D eigenvalue weighted by Gasteiger charge is -2.35. The highest BCUT2D eigenvalue weighted by Crippen LogP contribution is 2.35. The smallest absolute Gasteiger partial charge is 0.323 e. The van der Waals surface area contributed by atoms with Gasteiger partial charge in [0.1, 0.15) is 23.6 Å². The molecule has 230 valence electrons. The predicted molar refractivity (Wildman–Crippen MR) is 166 cm³/mol. The van der Waals surface area contributed by atoms with E-state index in [0.717, 1.165) is 87.5 Å². The summed E-state index contributed by atoms with van der Waals surface area (Å²) in [4.78, 5) is 28.8. The third kappa shape index (κ3) is 10.1. The fraction of sp³-hybridized carbons (Fsp3) is 0.706. The van der Waals surface area contributed by atoms with Crippen molar-refractivity contribution in [2.45, 2.75) is 123 Å². The Kier molecular flexibility index (Phi) is 13.5. The highest BCUT2D eigenvalue weighted by atomic mass is 16.5. The Morgan fingerprint density at radius 1 is 0.951 bits per heavy atom. The number of hydrogen-bond acceptors (Lipinski definition) is 6. The third-order valence-electron chi connectivity index (χ3n) is 8.08. The number of benzene rings is 1. The normalized spacial score (nSPS) is 17.1. The molecular weight excluding hydrogens is 516 g/mol. The number of hydrogen-bond donors (Lipinski definition) is 1. The van der Waals surface area contributed by atoms with Crippen molar-refractivity contribution in [2.75, 3.05) is 26.3 Å². The molecule has 41 heavy (non-hydrogen) atoms. The molecule has 0 spiro atoms. The van der Waals surface area contributed by atoms with Gasteiger partial charge in [-0.1, -0.05) is 47.1 Å². The molecule has 1 aromatic rings. The first-order valence-electron chi connectivity index (χ1n) is 16.1. The molecule has 1 saturated heterocycles. The first-order valence-corrected chi connectivity index (χ1v) is 16.1. The average molecular weight is 571 g/mol. The molecule has 1 N–H and O–H groups in total. The number of unbranched alkanes of at least 4 members (excludes halogenated alkanes) is 2. The summed E-state index contributed by atoms with van der Waals surface area (Å²) >= 11 is 0. The van der Waals surface area contributed by atoms with Crippen LogP contribution in [0.15, 0.2) is 18.7 Å². The van der Waals surface area contributed by atoms with Gasteiger partial charge in [-0.3, -0.25) is 9.59 Å². The van der Waals surface area contributed by atoms with Crippen molar-refractivity contribution in [2.24, 2.45) is 5.92 Å². The van der Waals surface area contributed by atoms with Crippen LogP contribution in [0.4, 0.5) is 0 Å². The van der Waals surface area contributed by atoms with Crippen molar-refractivity contribution in [3.63, 3.8) is 0 Å². The van der Waals surface area contributed by atoms with Crippen LogP contribution in [-0.4, -0.2) is 61.3 Å². The van der Waals surface area contributed by atoms with Crippen molar-refractivity contribution in [3.05, 3.63) is 29.8 Å². The van der Waals surface area contributed by atoms with Gasteiger partial charge in [0.2, 0.25) is 0 Å². The van der Waals surface area contributed by atoms with Crippen LogP contribution in [0, 0.1) is 5.92 Å². The van der Waals surface area contributed by atoms with Crippen LogP contribution in [0.1, 0.15) is 121 Å². The average Bonchev–Trinajstić information content (AvgIpc) is 3.45. The van der Waals surface area contributed by atoms with Crippen molar-refractivity contribution < 1.29 is 23.8 Å². The first-order chi connectivity index (χ1) is 19.7. The number of nitrogens with one attached hydrogen (secondary N) is 1. The summed E-state index contributed by atoms with van der Waals surface area (Å²) in [5.74, 6) is 1.53. The van der Waals surface area contributed by atoms with E-state index in [9.17, 15) is 9.59 Å². The first kappa shape index (κ1) is 33.0. The van der Waals surface area contributed by atoms with Gasteiger partial charge in [-0.2, -0.15) is 0 Å². The van der Waals surface area contributed by atoms with Gasteiger partial charge in [0.15, 0.2) is 0 Å². The summed E-state index contributed by atoms with van der Waals surface area (Å²) in [7, 11) is 0. The Morgan fingerprint density at radius 3 is 2.07 bits per heavy atom. The van der Waals surface area contributed by atoms with Gasteiger partial charge >= 0.3 is 5.97 Å². The molecule has 7 heteroatoms. The molecule has 7 nitrogen and oxygen atoms in total. The van der Waals surface area contributed by atoms with E-state index in [2.05, 4.69) is 39.6 Å². The predicted octanol–water partition coefficient (Wildman–Crippen LogP) is 7.17. The van der Waals surface area contributed by atoms with Crippen molar-refractivity contribution in [3.8, 4) is 11.5 Å². The highest BCUT2D eigenvalue weighted by molar-refractivity contribution is 5.98. The number of ether oxygens (including phenoxy) is 3. The van der Waals surface area contributed by atoms with Crippen LogP contribution in [-0.2, 0) is 9.53 Å². The largest absolute Gasteiger partial charge is 0.493 e. The number of esters is 1. The van der Waals surface area contributed by atoms with E-state index < -0.39 is 0 Å². The van der Waals surface area contributed by atoms with Crippen LogP contribution in [0.2, 0.25) is 0 Å². The number of amides is 1. The van der Waals surface area contributed by atoms with Gasteiger partial charge in [0, 0.05) is 30.8 Å². The second-order valence-electron chi connectivity index (χ2n) is 12.3. The number of nitrogens with zero attached hydrogens (tertiary/aromatic N) is 1. The van der Waals surface area contributed by atoms with Gasteiger partial charge in [0.05, 0.1) is 18.8 Å². The number of carbonyl (C=O) groups is 2. The number of carbonyl (C=O) groups excluding carboxylic acids is 2. The fourth-order valence-corrected chi connectivity index (χ4v) is 5.61. The Labute approximate surface area is 248 Å². The Balaban J connectivity index is 1.69. The summed E-state index contributed by atoms with van der Waals surface area (Å²) in [6, 6.07) is 3.64. The van der Waals surface area contributed by atoms with Crippen LogP contribution in [0.25, 0.3) is 5.57 Å². The quantitative estimate of drug-likeness (QED) is 0.168. The highest BCUT2D eigenvalue weighted by Gasteiger charge is 2.31. The molecule has 0 radical (unpaired) electrons. The molecule has 2 aliphatic rings. The molecule has 1 amide bonds.